The molecule has 0 bridgehead atoms. The Hall–Kier alpha value is -2.94. The fourth-order valence-corrected chi connectivity index (χ4v) is 2.98. The highest BCUT2D eigenvalue weighted by molar-refractivity contribution is 6.06. The van der Waals surface area contributed by atoms with Crippen molar-refractivity contribution in [2.75, 3.05) is 30.8 Å². The Labute approximate surface area is 150 Å². The molecule has 0 aliphatic carbocycles. The highest BCUT2D eigenvalue weighted by atomic mass is 16.6. The van der Waals surface area contributed by atoms with Crippen LogP contribution in [0.3, 0.4) is 0 Å². The molecule has 0 spiro atoms. The third-order valence-electron chi connectivity index (χ3n) is 4.23. The summed E-state index contributed by atoms with van der Waals surface area (Å²) in [5.74, 6) is 0.692. The van der Waals surface area contributed by atoms with Crippen LogP contribution in [0.5, 0.6) is 5.75 Å². The van der Waals surface area contributed by atoms with E-state index in [-0.39, 0.29) is 23.5 Å². The molecule has 3 rings (SSSR count). The second-order valence-corrected chi connectivity index (χ2v) is 6.19. The van der Waals surface area contributed by atoms with E-state index >= 15 is 0 Å². The van der Waals surface area contributed by atoms with Gasteiger partial charge in [-0.15, -0.1) is 0 Å². The van der Waals surface area contributed by atoms with Crippen molar-refractivity contribution in [2.24, 2.45) is 5.92 Å². The van der Waals surface area contributed by atoms with Crippen LogP contribution < -0.4 is 20.7 Å². The molecule has 2 aromatic rings. The van der Waals surface area contributed by atoms with Gasteiger partial charge in [0.1, 0.15) is 5.75 Å². The number of nitrogens with zero attached hydrogens (tertiary/aromatic N) is 2. The fourth-order valence-electron chi connectivity index (χ4n) is 2.98. The van der Waals surface area contributed by atoms with Crippen LogP contribution in [-0.2, 0) is 11.2 Å². The van der Waals surface area contributed by atoms with E-state index in [2.05, 4.69) is 30.9 Å². The lowest BCUT2D eigenvalue weighted by Gasteiger charge is -2.14. The maximum Gasteiger partial charge on any atom is 0.257 e. The average molecular weight is 359 g/mol. The lowest BCUT2D eigenvalue weighted by Crippen LogP contribution is -2.16. The van der Waals surface area contributed by atoms with E-state index in [1.165, 1.54) is 6.92 Å². The average Bonchev–Trinajstić information content (AvgIpc) is 3.27. The molecular weight excluding hydrogens is 338 g/mol. The number of carbonyl (C=O) groups is 2. The minimum absolute atomic E-state index is 0.0579. The molecule has 1 saturated heterocycles. The minimum Gasteiger partial charge on any atom is -0.496 e. The minimum atomic E-state index is -0.374. The van der Waals surface area contributed by atoms with Gasteiger partial charge >= 0.3 is 0 Å². The van der Waals surface area contributed by atoms with Crippen LogP contribution in [-0.4, -0.2) is 42.3 Å². The maximum atomic E-state index is 12.6. The molecule has 1 aliphatic heterocycles. The number of methoxy groups -OCH3 is 1. The van der Waals surface area contributed by atoms with Gasteiger partial charge in [0.05, 0.1) is 7.11 Å². The molecule has 0 saturated carbocycles. The number of nitrogens with one attached hydrogen (secondary N) is 3. The molecular formula is C17H21N5O4. The van der Waals surface area contributed by atoms with E-state index < -0.39 is 0 Å². The summed E-state index contributed by atoms with van der Waals surface area (Å²) in [5, 5.41) is 15.5. The number of amides is 2. The Kier molecular flexibility index (Phi) is 5.47. The van der Waals surface area contributed by atoms with Crippen molar-refractivity contribution < 1.29 is 19.0 Å². The summed E-state index contributed by atoms with van der Waals surface area (Å²) in [6.45, 7) is 3.30. The Morgan fingerprint density at radius 2 is 2.08 bits per heavy atom. The summed E-state index contributed by atoms with van der Waals surface area (Å²) < 4.78 is 10.00. The molecule has 138 valence electrons. The Balaban J connectivity index is 1.76. The summed E-state index contributed by atoms with van der Waals surface area (Å²) in [6.07, 6.45) is 1.93. The van der Waals surface area contributed by atoms with Crippen molar-refractivity contribution >= 4 is 23.5 Å². The standard InChI is InChI=1S/C17H21N5O4/c1-10(23)19-15-16(22-26-21-15)20-17(24)12-3-4-14(25-2)13(8-12)7-11-5-6-18-9-11/h3-4,8,11,18H,5-7,9H2,1-2H3,(H,19,21,23)(H,20,22,24). The first-order valence-electron chi connectivity index (χ1n) is 8.36. The van der Waals surface area contributed by atoms with Crippen LogP contribution in [0.2, 0.25) is 0 Å². The zero-order valence-electron chi connectivity index (χ0n) is 14.7. The zero-order valence-corrected chi connectivity index (χ0v) is 14.7. The molecule has 0 radical (unpaired) electrons. The summed E-state index contributed by atoms with van der Waals surface area (Å²) in [4.78, 5) is 23.7. The molecule has 2 amide bonds. The van der Waals surface area contributed by atoms with Gasteiger partial charge in [0, 0.05) is 12.5 Å². The van der Waals surface area contributed by atoms with Crippen molar-refractivity contribution in [1.82, 2.24) is 15.6 Å². The van der Waals surface area contributed by atoms with Gasteiger partial charge in [-0.2, -0.15) is 0 Å². The number of ether oxygens (including phenoxy) is 1. The number of hydrogen-bond donors (Lipinski definition) is 3. The molecule has 26 heavy (non-hydrogen) atoms. The summed E-state index contributed by atoms with van der Waals surface area (Å²) in [5.41, 5.74) is 1.44. The van der Waals surface area contributed by atoms with E-state index in [1.807, 2.05) is 6.07 Å². The van der Waals surface area contributed by atoms with Crippen molar-refractivity contribution in [3.63, 3.8) is 0 Å². The second-order valence-electron chi connectivity index (χ2n) is 6.19. The molecule has 1 unspecified atom stereocenters. The highest BCUT2D eigenvalue weighted by Gasteiger charge is 2.20. The van der Waals surface area contributed by atoms with E-state index in [9.17, 15) is 9.59 Å². The van der Waals surface area contributed by atoms with Gasteiger partial charge in [0.2, 0.25) is 17.5 Å². The lowest BCUT2D eigenvalue weighted by atomic mass is 9.96. The van der Waals surface area contributed by atoms with Crippen LogP contribution >= 0.6 is 0 Å². The smallest absolute Gasteiger partial charge is 0.257 e. The van der Waals surface area contributed by atoms with Crippen molar-refractivity contribution in [1.29, 1.82) is 0 Å². The van der Waals surface area contributed by atoms with Gasteiger partial charge in [-0.05, 0) is 65.9 Å². The Morgan fingerprint density at radius 3 is 2.73 bits per heavy atom. The van der Waals surface area contributed by atoms with E-state index in [4.69, 9.17) is 4.74 Å². The number of aromatic nitrogens is 2. The molecule has 1 aromatic carbocycles. The van der Waals surface area contributed by atoms with Crippen molar-refractivity contribution in [2.45, 2.75) is 19.8 Å². The maximum absolute atomic E-state index is 12.6. The number of carbonyl (C=O) groups excluding carboxylic acids is 2. The molecule has 2 heterocycles. The fraction of sp³-hybridized carbons (Fsp3) is 0.412. The first-order chi connectivity index (χ1) is 12.6. The van der Waals surface area contributed by atoms with Crippen LogP contribution in [0.1, 0.15) is 29.3 Å². The normalized spacial score (nSPS) is 16.3. The quantitative estimate of drug-likeness (QED) is 0.714. The van der Waals surface area contributed by atoms with Gasteiger partial charge in [0.15, 0.2) is 0 Å². The predicted octanol–water partition coefficient (Wildman–Crippen LogP) is 1.44. The Bertz CT molecular complexity index is 798. The molecule has 9 nitrogen and oxygen atoms in total. The highest BCUT2D eigenvalue weighted by Crippen LogP contribution is 2.26. The van der Waals surface area contributed by atoms with E-state index in [0.29, 0.717) is 11.5 Å². The molecule has 3 N–H and O–H groups in total. The largest absolute Gasteiger partial charge is 0.496 e. The van der Waals surface area contributed by atoms with Crippen LogP contribution in [0.15, 0.2) is 22.8 Å². The summed E-state index contributed by atoms with van der Waals surface area (Å²) >= 11 is 0. The van der Waals surface area contributed by atoms with Crippen molar-refractivity contribution in [3.05, 3.63) is 29.3 Å². The van der Waals surface area contributed by atoms with Gasteiger partial charge < -0.3 is 20.7 Å². The third kappa shape index (κ3) is 4.17. The first kappa shape index (κ1) is 17.9. The second kappa shape index (κ2) is 7.96. The third-order valence-corrected chi connectivity index (χ3v) is 4.23. The zero-order chi connectivity index (χ0) is 18.5. The van der Waals surface area contributed by atoms with Gasteiger partial charge in [-0.3, -0.25) is 9.59 Å². The van der Waals surface area contributed by atoms with Crippen LogP contribution in [0, 0.1) is 5.92 Å². The molecule has 1 atom stereocenters. The van der Waals surface area contributed by atoms with E-state index in [0.717, 1.165) is 37.2 Å². The molecule has 9 heteroatoms. The summed E-state index contributed by atoms with van der Waals surface area (Å²) in [6, 6.07) is 5.27. The lowest BCUT2D eigenvalue weighted by molar-refractivity contribution is -0.114. The van der Waals surface area contributed by atoms with Crippen LogP contribution in [0.4, 0.5) is 11.6 Å². The number of hydrogen-bond acceptors (Lipinski definition) is 7. The van der Waals surface area contributed by atoms with Crippen molar-refractivity contribution in [3.8, 4) is 5.75 Å². The Morgan fingerprint density at radius 1 is 1.31 bits per heavy atom. The molecule has 1 aliphatic rings. The number of benzene rings is 1. The predicted molar refractivity (Wildman–Crippen MR) is 94.2 cm³/mol. The molecule has 1 fully saturated rings. The van der Waals surface area contributed by atoms with Gasteiger partial charge in [-0.1, -0.05) is 0 Å². The number of rotatable bonds is 6. The van der Waals surface area contributed by atoms with Gasteiger partial charge in [-0.25, -0.2) is 4.63 Å². The molecule has 1 aromatic heterocycles. The van der Waals surface area contributed by atoms with E-state index in [1.54, 1.807) is 19.2 Å². The van der Waals surface area contributed by atoms with Gasteiger partial charge in [0.25, 0.3) is 5.91 Å². The van der Waals surface area contributed by atoms with Crippen LogP contribution in [0.25, 0.3) is 0 Å². The SMILES string of the molecule is COc1ccc(C(=O)Nc2nonc2NC(C)=O)cc1CC1CCNC1. The monoisotopic (exact) mass is 359 g/mol. The first-order valence-corrected chi connectivity index (χ1v) is 8.36. The number of anilines is 2. The topological polar surface area (TPSA) is 118 Å². The summed E-state index contributed by atoms with van der Waals surface area (Å²) in [7, 11) is 1.62.